The third-order valence-electron chi connectivity index (χ3n) is 7.48. The van der Waals surface area contributed by atoms with Crippen molar-refractivity contribution in [3.05, 3.63) is 119 Å². The third kappa shape index (κ3) is 5.68. The highest BCUT2D eigenvalue weighted by atomic mass is 32.2. The Balaban J connectivity index is 1.57. The molecule has 3 heterocycles. The molecule has 0 bridgehead atoms. The number of carbonyl (C=O) groups is 2. The van der Waals surface area contributed by atoms with Gasteiger partial charge in [0.25, 0.3) is 0 Å². The highest BCUT2D eigenvalue weighted by Crippen LogP contribution is 2.50. The summed E-state index contributed by atoms with van der Waals surface area (Å²) in [6, 6.07) is 27.5. The minimum Gasteiger partial charge on any atom is -0.496 e. The van der Waals surface area contributed by atoms with Crippen molar-refractivity contribution in [2.24, 2.45) is 0 Å². The lowest BCUT2D eigenvalue weighted by atomic mass is 9.99. The number of fused-ring (bicyclic) bond motifs is 1. The van der Waals surface area contributed by atoms with Gasteiger partial charge in [-0.2, -0.15) is 5.10 Å². The van der Waals surface area contributed by atoms with Crippen LogP contribution in [0.4, 0.5) is 5.82 Å². The van der Waals surface area contributed by atoms with Gasteiger partial charge in [0.1, 0.15) is 23.9 Å². The molecular formula is C34H32N4O4S. The van der Waals surface area contributed by atoms with Crippen molar-refractivity contribution in [1.29, 1.82) is 0 Å². The lowest BCUT2D eigenvalue weighted by Gasteiger charge is -2.24. The summed E-state index contributed by atoms with van der Waals surface area (Å²) in [6.07, 6.45) is 1.56. The number of hydrogen-bond donors (Lipinski definition) is 1. The predicted octanol–water partition coefficient (Wildman–Crippen LogP) is 6.24. The number of nitrogens with one attached hydrogen (secondary N) is 1. The number of furan rings is 1. The van der Waals surface area contributed by atoms with Crippen LogP contribution in [0.5, 0.6) is 5.75 Å². The number of ether oxygens (including phenoxy) is 1. The van der Waals surface area contributed by atoms with E-state index in [4.69, 9.17) is 14.3 Å². The molecule has 3 aromatic carbocycles. The number of para-hydroxylation sites is 1. The molecule has 1 atom stereocenters. The molecule has 1 aliphatic rings. The van der Waals surface area contributed by atoms with Gasteiger partial charge in [0.15, 0.2) is 0 Å². The zero-order chi connectivity index (χ0) is 29.9. The van der Waals surface area contributed by atoms with Gasteiger partial charge in [-0.05, 0) is 43.7 Å². The molecule has 2 amide bonds. The highest BCUT2D eigenvalue weighted by Gasteiger charge is 2.38. The maximum Gasteiger partial charge on any atom is 0.240 e. The number of benzene rings is 3. The highest BCUT2D eigenvalue weighted by molar-refractivity contribution is 8.00. The molecule has 1 aliphatic heterocycles. The Hall–Kier alpha value is -4.76. The smallest absolute Gasteiger partial charge is 0.240 e. The average Bonchev–Trinajstić information content (AvgIpc) is 3.65. The minimum atomic E-state index is -0.300. The summed E-state index contributed by atoms with van der Waals surface area (Å²) < 4.78 is 13.0. The van der Waals surface area contributed by atoms with Crippen LogP contribution in [0.2, 0.25) is 0 Å². The van der Waals surface area contributed by atoms with E-state index in [-0.39, 0.29) is 35.9 Å². The van der Waals surface area contributed by atoms with Crippen LogP contribution in [0.15, 0.2) is 95.6 Å². The van der Waals surface area contributed by atoms with Crippen LogP contribution in [-0.4, -0.2) is 41.0 Å². The number of hydrogen-bond acceptors (Lipinski definition) is 6. The average molecular weight is 593 g/mol. The molecule has 0 saturated carbocycles. The zero-order valence-electron chi connectivity index (χ0n) is 24.2. The molecule has 0 radical (unpaired) electrons. The summed E-state index contributed by atoms with van der Waals surface area (Å²) in [5.74, 6) is 1.62. The van der Waals surface area contributed by atoms with E-state index in [0.717, 1.165) is 44.9 Å². The lowest BCUT2D eigenvalue weighted by Crippen LogP contribution is -2.42. The van der Waals surface area contributed by atoms with Crippen molar-refractivity contribution in [1.82, 2.24) is 15.1 Å². The fourth-order valence-electron chi connectivity index (χ4n) is 5.47. The number of aryl methyl sites for hydroxylation is 2. The first-order valence-corrected chi connectivity index (χ1v) is 15.1. The first kappa shape index (κ1) is 28.4. The number of rotatable bonds is 8. The molecule has 2 aromatic heterocycles. The van der Waals surface area contributed by atoms with E-state index in [2.05, 4.69) is 11.4 Å². The van der Waals surface area contributed by atoms with E-state index in [1.165, 1.54) is 11.8 Å². The number of carbonyl (C=O) groups excluding carboxylic acids is 2. The van der Waals surface area contributed by atoms with Gasteiger partial charge in [0.05, 0.1) is 42.3 Å². The van der Waals surface area contributed by atoms with Crippen molar-refractivity contribution in [2.75, 3.05) is 24.3 Å². The lowest BCUT2D eigenvalue weighted by molar-refractivity contribution is -0.123. The number of thioether (sulfide) groups is 1. The molecule has 218 valence electrons. The van der Waals surface area contributed by atoms with Gasteiger partial charge < -0.3 is 14.5 Å². The van der Waals surface area contributed by atoms with E-state index in [1.807, 2.05) is 85.3 Å². The second-order valence-corrected chi connectivity index (χ2v) is 11.5. The monoisotopic (exact) mass is 592 g/mol. The minimum absolute atomic E-state index is 0.170. The van der Waals surface area contributed by atoms with Crippen molar-refractivity contribution in [2.45, 2.75) is 25.6 Å². The first-order valence-electron chi connectivity index (χ1n) is 14.0. The van der Waals surface area contributed by atoms with Crippen LogP contribution in [0.25, 0.3) is 16.9 Å². The van der Waals surface area contributed by atoms with Gasteiger partial charge >= 0.3 is 0 Å². The topological polar surface area (TPSA) is 89.6 Å². The van der Waals surface area contributed by atoms with Crippen LogP contribution in [-0.2, 0) is 16.1 Å². The summed E-state index contributed by atoms with van der Waals surface area (Å²) in [4.78, 5) is 28.9. The van der Waals surface area contributed by atoms with E-state index in [9.17, 15) is 9.59 Å². The molecular weight excluding hydrogens is 560 g/mol. The van der Waals surface area contributed by atoms with Crippen molar-refractivity contribution >= 4 is 29.4 Å². The van der Waals surface area contributed by atoms with Crippen molar-refractivity contribution in [3.8, 4) is 22.7 Å². The van der Waals surface area contributed by atoms with Crippen LogP contribution in [0.1, 0.15) is 33.3 Å². The first-order chi connectivity index (χ1) is 20.9. The maximum absolute atomic E-state index is 14.0. The predicted molar refractivity (Wildman–Crippen MR) is 169 cm³/mol. The fraction of sp³-hybridized carbons (Fsp3) is 0.206. The normalized spacial score (nSPS) is 14.7. The van der Waals surface area contributed by atoms with E-state index in [1.54, 1.807) is 30.4 Å². The number of anilines is 1. The van der Waals surface area contributed by atoms with Gasteiger partial charge in [0.2, 0.25) is 11.8 Å². The van der Waals surface area contributed by atoms with Gasteiger partial charge in [-0.3, -0.25) is 14.5 Å². The summed E-state index contributed by atoms with van der Waals surface area (Å²) in [6.45, 7) is 4.13. The van der Waals surface area contributed by atoms with Crippen molar-refractivity contribution in [3.63, 3.8) is 0 Å². The number of aromatic nitrogens is 2. The Bertz CT molecular complexity index is 1760. The number of amides is 2. The molecule has 0 fully saturated rings. The molecule has 5 aromatic rings. The van der Waals surface area contributed by atoms with Crippen molar-refractivity contribution < 1.29 is 18.7 Å². The molecule has 0 spiro atoms. The summed E-state index contributed by atoms with van der Waals surface area (Å²) in [7, 11) is 1.65. The summed E-state index contributed by atoms with van der Waals surface area (Å²) >= 11 is 1.51. The molecule has 6 rings (SSSR count). The molecule has 8 nitrogen and oxygen atoms in total. The van der Waals surface area contributed by atoms with Crippen LogP contribution in [0.3, 0.4) is 0 Å². The fourth-order valence-corrected chi connectivity index (χ4v) is 6.69. The van der Waals surface area contributed by atoms with Gasteiger partial charge in [-0.15, -0.1) is 11.8 Å². The Morgan fingerprint density at radius 1 is 1.05 bits per heavy atom. The number of methoxy groups -OCH3 is 1. The largest absolute Gasteiger partial charge is 0.496 e. The Morgan fingerprint density at radius 3 is 2.58 bits per heavy atom. The van der Waals surface area contributed by atoms with Gasteiger partial charge in [-0.25, -0.2) is 4.68 Å². The molecule has 0 aliphatic carbocycles. The molecule has 43 heavy (non-hydrogen) atoms. The van der Waals surface area contributed by atoms with Crippen LogP contribution in [0, 0.1) is 13.8 Å². The van der Waals surface area contributed by atoms with Gasteiger partial charge in [0, 0.05) is 16.7 Å². The Kier molecular flexibility index (Phi) is 8.07. The SMILES string of the molecule is COc1ccccc1[C@H]1SCC(=O)N(CC(=O)NCc2ccco2)c2c1c(-c1ccccc1)nn2-c1ccc(C)cc1C. The standard InChI is InChI=1S/C34H32N4O4S/c1-22-15-16-27(23(2)18-22)38-34-31(32(36-38)24-10-5-4-6-11-24)33(26-13-7-8-14-28(26)41-3)43-21-30(40)37(34)20-29(39)35-19-25-12-9-17-42-25/h4-18,33H,19-21H2,1-3H3,(H,35,39)/t33-/m1/s1. The van der Waals surface area contributed by atoms with E-state index >= 15 is 0 Å². The Labute approximate surface area is 254 Å². The molecule has 1 N–H and O–H groups in total. The molecule has 9 heteroatoms. The molecule has 0 saturated heterocycles. The van der Waals surface area contributed by atoms with Crippen LogP contribution >= 0.6 is 11.8 Å². The number of nitrogens with zero attached hydrogens (tertiary/aromatic N) is 3. The second kappa shape index (κ2) is 12.2. The quantitative estimate of drug-likeness (QED) is 0.229. The van der Waals surface area contributed by atoms with Crippen LogP contribution < -0.4 is 15.0 Å². The Morgan fingerprint density at radius 2 is 1.84 bits per heavy atom. The third-order valence-corrected chi connectivity index (χ3v) is 8.72. The zero-order valence-corrected chi connectivity index (χ0v) is 25.1. The summed E-state index contributed by atoms with van der Waals surface area (Å²) in [5, 5.41) is 7.80. The molecule has 0 unspecified atom stereocenters. The summed E-state index contributed by atoms with van der Waals surface area (Å²) in [5.41, 5.74) is 6.41. The maximum atomic E-state index is 14.0. The van der Waals surface area contributed by atoms with E-state index in [0.29, 0.717) is 11.6 Å². The van der Waals surface area contributed by atoms with Gasteiger partial charge in [-0.1, -0.05) is 66.2 Å². The van der Waals surface area contributed by atoms with E-state index < -0.39 is 0 Å². The second-order valence-electron chi connectivity index (χ2n) is 10.4.